The monoisotopic (exact) mass is 1140 g/mol. The van der Waals surface area contributed by atoms with Crippen LogP contribution in [0.2, 0.25) is 0 Å². The van der Waals surface area contributed by atoms with Gasteiger partial charge in [0.15, 0.2) is 11.4 Å². The molecular formula is C51H53F9N14O7. The smallest absolute Gasteiger partial charge is 0.451 e. The summed E-state index contributed by atoms with van der Waals surface area (Å²) in [6.07, 6.45) is 5.85. The van der Waals surface area contributed by atoms with Gasteiger partial charge in [0.2, 0.25) is 17.5 Å². The predicted octanol–water partition coefficient (Wildman–Crippen LogP) is 6.89. The molecule has 5 aromatic rings. The van der Waals surface area contributed by atoms with Gasteiger partial charge in [0.1, 0.15) is 17.1 Å². The van der Waals surface area contributed by atoms with Crippen molar-refractivity contribution in [2.45, 2.75) is 132 Å². The largest absolute Gasteiger partial charge is 0.477 e. The third-order valence-electron chi connectivity index (χ3n) is 14.9. The molecule has 8 fully saturated rings. The number of nitrogens with two attached hydrogens (primary N) is 1. The first-order valence-electron chi connectivity index (χ1n) is 25.2. The molecule has 8 aliphatic rings. The molecule has 0 aliphatic heterocycles. The maximum absolute atomic E-state index is 13.0. The fraction of sp³-hybridized carbons (Fsp3) is 0.510. The van der Waals surface area contributed by atoms with Gasteiger partial charge in [-0.3, -0.25) is 24.4 Å². The number of aromatic carboxylic acids is 1. The number of carboxylic acid groups (broad SMARTS) is 1. The lowest BCUT2D eigenvalue weighted by Gasteiger charge is -2.62. The number of halogens is 9. The van der Waals surface area contributed by atoms with Gasteiger partial charge < -0.3 is 31.5 Å². The number of amides is 3. The highest BCUT2D eigenvalue weighted by Gasteiger charge is 2.60. The molecule has 0 spiro atoms. The molecule has 30 heteroatoms. The van der Waals surface area contributed by atoms with E-state index in [1.807, 2.05) is 6.92 Å². The Labute approximate surface area is 454 Å². The number of nitrogens with one attached hydrogen (secondary N) is 3. The Kier molecular flexibility index (Phi) is 16.5. The SMILES string of the molecule is COC(=O)c1ccnc(C(F)(F)F)n1.Cc1cncc(C(=O)NC23CC4CC(C2)CC(NC(=O)c2ccnc(C(F)(F)F)n2)(C4)C3)n1.Cc1cncc(C(=O)NC23CC4CC(CC(N)(C4)C2)C3)n1.O=C(O)c1ccnc(C(F)(F)F)n1. The molecule has 4 atom stereocenters. The van der Waals surface area contributed by atoms with E-state index in [0.717, 1.165) is 108 Å². The van der Waals surface area contributed by atoms with Crippen molar-refractivity contribution in [3.8, 4) is 0 Å². The fourth-order valence-electron chi connectivity index (χ4n) is 13.0. The Morgan fingerprint density at radius 3 is 1.23 bits per heavy atom. The summed E-state index contributed by atoms with van der Waals surface area (Å²) in [6.45, 7) is 3.61. The highest BCUT2D eigenvalue weighted by Crippen LogP contribution is 2.58. The van der Waals surface area contributed by atoms with Gasteiger partial charge >= 0.3 is 30.5 Å². The van der Waals surface area contributed by atoms with E-state index in [0.29, 0.717) is 41.5 Å². The molecule has 0 aromatic carbocycles. The van der Waals surface area contributed by atoms with Crippen LogP contribution >= 0.6 is 0 Å². The van der Waals surface area contributed by atoms with E-state index in [4.69, 9.17) is 10.8 Å². The Hall–Kier alpha value is -7.92. The van der Waals surface area contributed by atoms with Crippen LogP contribution in [0.4, 0.5) is 39.5 Å². The topological polar surface area (TPSA) is 306 Å². The number of aryl methyl sites for hydroxylation is 2. The maximum atomic E-state index is 13.0. The summed E-state index contributed by atoms with van der Waals surface area (Å²) in [6, 6.07) is 3.11. The number of carbonyl (C=O) groups is 5. The highest BCUT2D eigenvalue weighted by atomic mass is 19.4. The molecule has 3 amide bonds. The van der Waals surface area contributed by atoms with Crippen LogP contribution in [0.3, 0.4) is 0 Å². The van der Waals surface area contributed by atoms with Crippen LogP contribution in [-0.4, -0.2) is 114 Å². The quantitative estimate of drug-likeness (QED) is 0.0780. The lowest BCUT2D eigenvalue weighted by atomic mass is 9.49. The van der Waals surface area contributed by atoms with Crippen molar-refractivity contribution in [1.82, 2.24) is 65.8 Å². The highest BCUT2D eigenvalue weighted by molar-refractivity contribution is 5.94. The van der Waals surface area contributed by atoms with Crippen LogP contribution in [0.15, 0.2) is 61.6 Å². The number of esters is 1. The summed E-state index contributed by atoms with van der Waals surface area (Å²) in [4.78, 5) is 94.4. The molecule has 0 saturated heterocycles. The number of alkyl halides is 9. The van der Waals surface area contributed by atoms with Crippen LogP contribution in [0.5, 0.6) is 0 Å². The fourth-order valence-corrected chi connectivity index (χ4v) is 13.0. The summed E-state index contributed by atoms with van der Waals surface area (Å²) in [5, 5.41) is 17.7. The number of rotatable bonds is 8. The van der Waals surface area contributed by atoms with Gasteiger partial charge in [-0.1, -0.05) is 0 Å². The summed E-state index contributed by atoms with van der Waals surface area (Å²) in [5.74, 6) is -5.69. The van der Waals surface area contributed by atoms with Crippen molar-refractivity contribution in [1.29, 1.82) is 0 Å². The Balaban J connectivity index is 0.000000154. The molecule has 8 saturated carbocycles. The summed E-state index contributed by atoms with van der Waals surface area (Å²) >= 11 is 0. The standard InChI is InChI=1S/C22H23F3N6O2.C16H22N4O.C7H5F3N2O2.C6H3F3N2O2/c1-12-9-26-10-16(28-12)18(33)31-21-7-13-4-14(8-21)6-20(5-13,11-21)30-17(32)15-2-3-27-19(29-15)22(23,24)25;1-10-7-18-8-13(19-10)14(21)20-16-5-11-2-12(6-16)4-15(17,3-11)9-16;1-14-5(13)4-2-3-11-6(12-4)7(8,9)10;7-6(8,9)5-10-2-1-3(11-5)4(12)13/h2-3,9-10,13-14H,4-8,11H2,1H3,(H,30,32)(H,31,33);7-8,11-12H,2-6,9,17H2,1H3,(H,20,21);2-3H,1H3;1-2H,(H,12,13). The number of aromatic nitrogens is 10. The molecular weight excluding hydrogens is 1090 g/mol. The van der Waals surface area contributed by atoms with Crippen molar-refractivity contribution in [2.75, 3.05) is 7.11 Å². The van der Waals surface area contributed by atoms with Gasteiger partial charge in [0, 0.05) is 53.1 Å². The number of hydrogen-bond donors (Lipinski definition) is 5. The summed E-state index contributed by atoms with van der Waals surface area (Å²) in [7, 11) is 1.05. The minimum atomic E-state index is -4.73. The molecule has 0 radical (unpaired) electrons. The average molecular weight is 1150 g/mol. The maximum Gasteiger partial charge on any atom is 0.451 e. The zero-order valence-corrected chi connectivity index (χ0v) is 43.4. The van der Waals surface area contributed by atoms with Gasteiger partial charge in [-0.25, -0.2) is 49.5 Å². The number of nitrogens with zero attached hydrogens (tertiary/aromatic N) is 10. The van der Waals surface area contributed by atoms with Gasteiger partial charge in [0.25, 0.3) is 17.7 Å². The van der Waals surface area contributed by atoms with E-state index < -0.39 is 76.3 Å². The number of carboxylic acids is 1. The van der Waals surface area contributed by atoms with Crippen molar-refractivity contribution >= 4 is 29.7 Å². The second kappa shape index (κ2) is 22.6. The van der Waals surface area contributed by atoms with Crippen molar-refractivity contribution in [3.63, 3.8) is 0 Å². The van der Waals surface area contributed by atoms with Crippen LogP contribution in [-0.2, 0) is 23.3 Å². The molecule has 5 heterocycles. The van der Waals surface area contributed by atoms with Crippen LogP contribution < -0.4 is 21.7 Å². The van der Waals surface area contributed by atoms with Crippen molar-refractivity contribution in [3.05, 3.63) is 119 Å². The molecule has 81 heavy (non-hydrogen) atoms. The molecule has 8 bridgehead atoms. The molecule has 4 unspecified atom stereocenters. The third kappa shape index (κ3) is 14.3. The normalized spacial score (nSPS) is 26.5. The first-order valence-corrected chi connectivity index (χ1v) is 25.2. The first kappa shape index (κ1) is 59.2. The van der Waals surface area contributed by atoms with Gasteiger partial charge in [-0.05, 0) is 133 Å². The number of methoxy groups -OCH3 is 1. The third-order valence-corrected chi connectivity index (χ3v) is 14.9. The predicted molar refractivity (Wildman–Crippen MR) is 260 cm³/mol. The van der Waals surface area contributed by atoms with E-state index in [1.54, 1.807) is 25.5 Å². The Morgan fingerprint density at radius 2 is 0.864 bits per heavy atom. The summed E-state index contributed by atoms with van der Waals surface area (Å²) < 4.78 is 115. The van der Waals surface area contributed by atoms with E-state index in [9.17, 15) is 63.5 Å². The van der Waals surface area contributed by atoms with Crippen LogP contribution in [0.25, 0.3) is 0 Å². The zero-order chi connectivity index (χ0) is 58.9. The van der Waals surface area contributed by atoms with Gasteiger partial charge in [-0.15, -0.1) is 0 Å². The van der Waals surface area contributed by atoms with E-state index >= 15 is 0 Å². The van der Waals surface area contributed by atoms with Crippen LogP contribution in [0, 0.1) is 37.5 Å². The summed E-state index contributed by atoms with van der Waals surface area (Å²) in [5.41, 5.74) is 5.94. The molecule has 5 aromatic heterocycles. The second-order valence-electron chi connectivity index (χ2n) is 21.7. The van der Waals surface area contributed by atoms with Crippen molar-refractivity contribution in [2.24, 2.45) is 29.4 Å². The zero-order valence-electron chi connectivity index (χ0n) is 43.4. The van der Waals surface area contributed by atoms with E-state index in [2.05, 4.69) is 70.5 Å². The molecule has 13 rings (SSSR count). The average Bonchev–Trinajstić information content (AvgIpc) is 3.37. The van der Waals surface area contributed by atoms with Crippen molar-refractivity contribution < 1.29 is 73.3 Å². The molecule has 432 valence electrons. The minimum absolute atomic E-state index is 0.0599. The first-order chi connectivity index (χ1) is 37.9. The van der Waals surface area contributed by atoms with E-state index in [1.165, 1.54) is 18.7 Å². The van der Waals surface area contributed by atoms with Crippen LogP contribution in [0.1, 0.15) is 158 Å². The Bertz CT molecular complexity index is 3170. The van der Waals surface area contributed by atoms with Gasteiger partial charge in [0.05, 0.1) is 30.9 Å². The van der Waals surface area contributed by atoms with Gasteiger partial charge in [-0.2, -0.15) is 39.5 Å². The molecule has 8 aliphatic carbocycles. The second-order valence-corrected chi connectivity index (χ2v) is 21.7. The molecule has 21 nitrogen and oxygen atoms in total. The van der Waals surface area contributed by atoms with E-state index in [-0.39, 0.29) is 34.3 Å². The number of carbonyl (C=O) groups excluding carboxylic acids is 4. The molecule has 6 N–H and O–H groups in total. The number of hydrogen-bond acceptors (Lipinski definition) is 17. The minimum Gasteiger partial charge on any atom is -0.477 e. The lowest BCUT2D eigenvalue weighted by molar-refractivity contribution is -0.145. The lowest BCUT2D eigenvalue weighted by Crippen LogP contribution is -2.70. The Morgan fingerprint density at radius 1 is 0.519 bits per heavy atom. The number of ether oxygens (including phenoxy) is 1.